The van der Waals surface area contributed by atoms with Gasteiger partial charge in [-0.15, -0.1) is 10.2 Å². The highest BCUT2D eigenvalue weighted by Gasteiger charge is 2.24. The predicted octanol–water partition coefficient (Wildman–Crippen LogP) is 3.59. The fourth-order valence-electron chi connectivity index (χ4n) is 2.35. The van der Waals surface area contributed by atoms with Gasteiger partial charge in [0, 0.05) is 16.3 Å². The van der Waals surface area contributed by atoms with Crippen LogP contribution < -0.4 is 4.72 Å². The number of rotatable bonds is 4. The van der Waals surface area contributed by atoms with Crippen molar-refractivity contribution in [2.75, 3.05) is 4.72 Å². The lowest BCUT2D eigenvalue weighted by Gasteiger charge is -2.15. The van der Waals surface area contributed by atoms with E-state index in [1.54, 1.807) is 44.2 Å². The second kappa shape index (κ2) is 6.62. The molecule has 0 aliphatic heterocycles. The van der Waals surface area contributed by atoms with Gasteiger partial charge in [-0.05, 0) is 48.4 Å². The van der Waals surface area contributed by atoms with E-state index in [0.29, 0.717) is 33.2 Å². The molecule has 130 valence electrons. The Labute approximate surface area is 154 Å². The zero-order valence-corrected chi connectivity index (χ0v) is 15.5. The maximum atomic E-state index is 12.8. The van der Waals surface area contributed by atoms with Crippen molar-refractivity contribution in [1.82, 2.24) is 20.6 Å². The van der Waals surface area contributed by atoms with Crippen molar-refractivity contribution in [3.63, 3.8) is 0 Å². The molecule has 0 saturated carbocycles. The monoisotopic (exact) mass is 397 g/mol. The molecule has 0 saturated heterocycles. The highest BCUT2D eigenvalue weighted by Crippen LogP contribution is 2.34. The summed E-state index contributed by atoms with van der Waals surface area (Å²) in [6.07, 6.45) is 0. The average Bonchev–Trinajstić information content (AvgIpc) is 3.07. The molecule has 25 heavy (non-hydrogen) atoms. The SMILES string of the molecule is Cc1cc(Cl)c(C)c(S(=O)(=O)Nc2cccc(-c3nn[nH]n3)c2)c1Cl. The Kier molecular flexibility index (Phi) is 4.68. The molecule has 3 rings (SSSR count). The molecule has 1 aromatic heterocycles. The molecule has 2 aromatic carbocycles. The first kappa shape index (κ1) is 17.7. The molecule has 7 nitrogen and oxygen atoms in total. The standard InChI is InChI=1S/C15H13Cl2N5O2S/c1-8-6-12(16)9(2)14(13(8)17)25(23,24)20-11-5-3-4-10(7-11)15-18-21-22-19-15/h3-7,20H,1-2H3,(H,18,19,21,22). The Bertz CT molecular complexity index is 1010. The Hall–Kier alpha value is -2.16. The zero-order valence-electron chi connectivity index (χ0n) is 13.2. The maximum Gasteiger partial charge on any atom is 0.263 e. The van der Waals surface area contributed by atoms with Gasteiger partial charge in [0.05, 0.1) is 5.02 Å². The van der Waals surface area contributed by atoms with E-state index in [0.717, 1.165) is 0 Å². The van der Waals surface area contributed by atoms with Crippen molar-refractivity contribution >= 4 is 38.9 Å². The molecular weight excluding hydrogens is 385 g/mol. The number of aromatic nitrogens is 4. The Balaban J connectivity index is 2.03. The third-order valence-electron chi connectivity index (χ3n) is 3.57. The number of hydrogen-bond donors (Lipinski definition) is 2. The molecule has 0 radical (unpaired) electrons. The van der Waals surface area contributed by atoms with Gasteiger partial charge in [-0.1, -0.05) is 35.3 Å². The molecule has 0 aliphatic rings. The van der Waals surface area contributed by atoms with Gasteiger partial charge in [-0.25, -0.2) is 8.42 Å². The van der Waals surface area contributed by atoms with E-state index >= 15 is 0 Å². The number of halogens is 2. The number of sulfonamides is 1. The fourth-order valence-corrected chi connectivity index (χ4v) is 4.61. The van der Waals surface area contributed by atoms with Gasteiger partial charge in [-0.3, -0.25) is 4.72 Å². The number of nitrogens with one attached hydrogen (secondary N) is 2. The van der Waals surface area contributed by atoms with Gasteiger partial charge in [0.15, 0.2) is 0 Å². The molecule has 2 N–H and O–H groups in total. The highest BCUT2D eigenvalue weighted by atomic mass is 35.5. The number of H-pyrrole nitrogens is 1. The van der Waals surface area contributed by atoms with Gasteiger partial charge in [-0.2, -0.15) is 5.21 Å². The lowest BCUT2D eigenvalue weighted by atomic mass is 10.2. The Morgan fingerprint density at radius 3 is 2.60 bits per heavy atom. The molecule has 0 atom stereocenters. The van der Waals surface area contributed by atoms with Crippen LogP contribution in [0.1, 0.15) is 11.1 Å². The summed E-state index contributed by atoms with van der Waals surface area (Å²) in [4.78, 5) is -0.0378. The van der Waals surface area contributed by atoms with E-state index in [1.807, 2.05) is 0 Å². The van der Waals surface area contributed by atoms with Gasteiger partial charge >= 0.3 is 0 Å². The molecule has 0 bridgehead atoms. The first-order valence-electron chi connectivity index (χ1n) is 7.11. The van der Waals surface area contributed by atoms with Crippen molar-refractivity contribution in [2.24, 2.45) is 0 Å². The minimum absolute atomic E-state index is 0.0378. The summed E-state index contributed by atoms with van der Waals surface area (Å²) in [5.74, 6) is 0.355. The second-order valence-corrected chi connectivity index (χ2v) is 7.77. The summed E-state index contributed by atoms with van der Waals surface area (Å²) in [5, 5.41) is 14.1. The van der Waals surface area contributed by atoms with Crippen LogP contribution in [0.15, 0.2) is 35.2 Å². The van der Waals surface area contributed by atoms with Crippen LogP contribution in [-0.2, 0) is 10.0 Å². The average molecular weight is 398 g/mol. The number of benzene rings is 2. The Morgan fingerprint density at radius 2 is 1.92 bits per heavy atom. The summed E-state index contributed by atoms with van der Waals surface area (Å²) in [7, 11) is -3.94. The number of aryl methyl sites for hydroxylation is 1. The Morgan fingerprint density at radius 1 is 1.16 bits per heavy atom. The molecule has 3 aromatic rings. The predicted molar refractivity (Wildman–Crippen MR) is 96.4 cm³/mol. The first-order chi connectivity index (χ1) is 11.8. The molecule has 0 unspecified atom stereocenters. The quantitative estimate of drug-likeness (QED) is 0.700. The van der Waals surface area contributed by atoms with E-state index in [2.05, 4.69) is 25.3 Å². The summed E-state index contributed by atoms with van der Waals surface area (Å²) in [5.41, 5.74) is 1.92. The minimum atomic E-state index is -3.94. The molecule has 0 amide bonds. The van der Waals surface area contributed by atoms with Gasteiger partial charge in [0.1, 0.15) is 4.90 Å². The summed E-state index contributed by atoms with van der Waals surface area (Å²) < 4.78 is 28.2. The molecule has 10 heteroatoms. The van der Waals surface area contributed by atoms with Gasteiger partial charge in [0.25, 0.3) is 10.0 Å². The number of anilines is 1. The van der Waals surface area contributed by atoms with Crippen LogP contribution in [0.5, 0.6) is 0 Å². The summed E-state index contributed by atoms with van der Waals surface area (Å²) >= 11 is 12.3. The van der Waals surface area contributed by atoms with E-state index in [1.165, 1.54) is 0 Å². The number of nitrogens with zero attached hydrogens (tertiary/aromatic N) is 3. The number of hydrogen-bond acceptors (Lipinski definition) is 5. The van der Waals surface area contributed by atoms with Crippen molar-refractivity contribution in [1.29, 1.82) is 0 Å². The topological polar surface area (TPSA) is 101 Å². The van der Waals surface area contributed by atoms with E-state index in [4.69, 9.17) is 23.2 Å². The van der Waals surface area contributed by atoms with Crippen molar-refractivity contribution < 1.29 is 8.42 Å². The van der Waals surface area contributed by atoms with Gasteiger partial charge in [0.2, 0.25) is 5.82 Å². The fraction of sp³-hybridized carbons (Fsp3) is 0.133. The first-order valence-corrected chi connectivity index (χ1v) is 9.35. The molecular formula is C15H13Cl2N5O2S. The van der Waals surface area contributed by atoms with Crippen molar-refractivity contribution in [2.45, 2.75) is 18.7 Å². The normalized spacial score (nSPS) is 11.5. The van der Waals surface area contributed by atoms with Crippen LogP contribution in [0.3, 0.4) is 0 Å². The van der Waals surface area contributed by atoms with Crippen LogP contribution in [0.25, 0.3) is 11.4 Å². The molecule has 0 spiro atoms. The van der Waals surface area contributed by atoms with Crippen LogP contribution in [0.4, 0.5) is 5.69 Å². The molecule has 1 heterocycles. The maximum absolute atomic E-state index is 12.8. The minimum Gasteiger partial charge on any atom is -0.280 e. The van der Waals surface area contributed by atoms with Crippen LogP contribution >= 0.6 is 23.2 Å². The largest absolute Gasteiger partial charge is 0.280 e. The number of aromatic amines is 1. The second-order valence-electron chi connectivity index (χ2n) is 5.37. The van der Waals surface area contributed by atoms with Crippen LogP contribution in [0, 0.1) is 13.8 Å². The third kappa shape index (κ3) is 3.46. The number of tetrazole rings is 1. The van der Waals surface area contributed by atoms with E-state index in [-0.39, 0.29) is 9.92 Å². The van der Waals surface area contributed by atoms with Crippen LogP contribution in [0.2, 0.25) is 10.0 Å². The van der Waals surface area contributed by atoms with E-state index < -0.39 is 10.0 Å². The molecule has 0 aliphatic carbocycles. The summed E-state index contributed by atoms with van der Waals surface area (Å²) in [6, 6.07) is 8.27. The van der Waals surface area contributed by atoms with Crippen molar-refractivity contribution in [3.05, 3.63) is 51.5 Å². The highest BCUT2D eigenvalue weighted by molar-refractivity contribution is 7.93. The third-order valence-corrected chi connectivity index (χ3v) is 6.12. The lowest BCUT2D eigenvalue weighted by Crippen LogP contribution is -2.15. The van der Waals surface area contributed by atoms with E-state index in [9.17, 15) is 8.42 Å². The van der Waals surface area contributed by atoms with Gasteiger partial charge < -0.3 is 0 Å². The lowest BCUT2D eigenvalue weighted by molar-refractivity contribution is 0.600. The zero-order chi connectivity index (χ0) is 18.2. The summed E-state index contributed by atoms with van der Waals surface area (Å²) in [6.45, 7) is 3.31. The van der Waals surface area contributed by atoms with Crippen molar-refractivity contribution in [3.8, 4) is 11.4 Å². The smallest absolute Gasteiger partial charge is 0.263 e. The van der Waals surface area contributed by atoms with Crippen LogP contribution in [-0.4, -0.2) is 29.0 Å². The molecule has 0 fully saturated rings.